The lowest BCUT2D eigenvalue weighted by atomic mass is 9.97. The normalized spacial score (nSPS) is 15.8. The second-order valence-electron chi connectivity index (χ2n) is 4.55. The molecule has 1 unspecified atom stereocenters. The molecule has 0 radical (unpaired) electrons. The number of rotatable bonds is 4. The zero-order chi connectivity index (χ0) is 13.9. The molecule has 0 aliphatic carbocycles. The predicted octanol–water partition coefficient (Wildman–Crippen LogP) is 4.09. The van der Waals surface area contributed by atoms with Crippen LogP contribution in [0.3, 0.4) is 0 Å². The van der Waals surface area contributed by atoms with Crippen molar-refractivity contribution in [3.63, 3.8) is 0 Å². The summed E-state index contributed by atoms with van der Waals surface area (Å²) in [5, 5.41) is 0. The minimum atomic E-state index is -0.140. The van der Waals surface area contributed by atoms with Crippen LogP contribution in [0.5, 0.6) is 17.2 Å². The van der Waals surface area contributed by atoms with Gasteiger partial charge in [-0.05, 0) is 18.2 Å². The molecule has 1 aliphatic heterocycles. The van der Waals surface area contributed by atoms with Crippen molar-refractivity contribution in [1.82, 2.24) is 0 Å². The second-order valence-corrected chi connectivity index (χ2v) is 4.55. The third kappa shape index (κ3) is 2.17. The van der Waals surface area contributed by atoms with E-state index in [4.69, 9.17) is 14.2 Å². The molecule has 0 spiro atoms. The average Bonchev–Trinajstić information content (AvgIpc) is 2.50. The van der Waals surface area contributed by atoms with Crippen molar-refractivity contribution in [2.75, 3.05) is 13.7 Å². The molecule has 2 aromatic rings. The predicted molar refractivity (Wildman–Crippen MR) is 77.5 cm³/mol. The number of hydrogen-bond donors (Lipinski definition) is 0. The zero-order valence-corrected chi connectivity index (χ0v) is 11.3. The number of ether oxygens (including phenoxy) is 3. The van der Waals surface area contributed by atoms with Crippen molar-refractivity contribution >= 4 is 0 Å². The Balaban J connectivity index is 2.07. The van der Waals surface area contributed by atoms with Gasteiger partial charge in [-0.2, -0.15) is 0 Å². The van der Waals surface area contributed by atoms with Crippen LogP contribution in [0.25, 0.3) is 0 Å². The average molecular weight is 268 g/mol. The zero-order valence-electron chi connectivity index (χ0n) is 11.3. The van der Waals surface area contributed by atoms with Gasteiger partial charge < -0.3 is 14.2 Å². The Morgan fingerprint density at radius 3 is 2.75 bits per heavy atom. The third-order valence-corrected chi connectivity index (χ3v) is 3.31. The van der Waals surface area contributed by atoms with Crippen LogP contribution in [0.4, 0.5) is 0 Å². The van der Waals surface area contributed by atoms with Gasteiger partial charge in [0.15, 0.2) is 0 Å². The molecule has 3 heteroatoms. The van der Waals surface area contributed by atoms with E-state index in [0.717, 1.165) is 28.4 Å². The molecule has 0 saturated carbocycles. The van der Waals surface area contributed by atoms with Crippen molar-refractivity contribution in [3.8, 4) is 17.2 Å². The third-order valence-electron chi connectivity index (χ3n) is 3.31. The Morgan fingerprint density at radius 2 is 1.95 bits per heavy atom. The maximum absolute atomic E-state index is 5.94. The highest BCUT2D eigenvalue weighted by Gasteiger charge is 2.27. The molecule has 1 atom stereocenters. The number of benzene rings is 2. The molecule has 2 aromatic carbocycles. The Bertz CT molecular complexity index is 634. The molecular weight excluding hydrogens is 252 g/mol. The summed E-state index contributed by atoms with van der Waals surface area (Å²) >= 11 is 0. The number of hydrogen-bond acceptors (Lipinski definition) is 3. The van der Waals surface area contributed by atoms with Crippen molar-refractivity contribution in [3.05, 3.63) is 66.2 Å². The van der Waals surface area contributed by atoms with Gasteiger partial charge in [-0.1, -0.05) is 24.3 Å². The molecule has 1 heterocycles. The maximum atomic E-state index is 5.94. The van der Waals surface area contributed by atoms with Crippen molar-refractivity contribution in [2.45, 2.75) is 6.10 Å². The van der Waals surface area contributed by atoms with Gasteiger partial charge in [-0.3, -0.25) is 0 Å². The van der Waals surface area contributed by atoms with Crippen LogP contribution in [-0.4, -0.2) is 13.7 Å². The molecule has 1 aliphatic rings. The van der Waals surface area contributed by atoms with E-state index in [0.29, 0.717) is 6.61 Å². The lowest BCUT2D eigenvalue weighted by Gasteiger charge is -2.28. The van der Waals surface area contributed by atoms with Crippen LogP contribution in [0, 0.1) is 0 Å². The Hall–Kier alpha value is -2.26. The standard InChI is InChI=1S/C17H16O3/c1-3-10-19-17-13-6-4-5-7-15(13)20-16-11-12(18-2)8-9-14(16)17/h3-9,11,17H,1,10H2,2H3. The van der Waals surface area contributed by atoms with Crippen LogP contribution < -0.4 is 9.47 Å². The number of para-hydroxylation sites is 1. The smallest absolute Gasteiger partial charge is 0.137 e. The highest BCUT2D eigenvalue weighted by Crippen LogP contribution is 2.45. The summed E-state index contributed by atoms with van der Waals surface area (Å²) in [6.07, 6.45) is 1.61. The monoisotopic (exact) mass is 268 g/mol. The lowest BCUT2D eigenvalue weighted by Crippen LogP contribution is -2.13. The fourth-order valence-electron chi connectivity index (χ4n) is 2.37. The van der Waals surface area contributed by atoms with Crippen LogP contribution in [0.15, 0.2) is 55.1 Å². The molecule has 3 nitrogen and oxygen atoms in total. The first-order chi connectivity index (χ1) is 9.83. The van der Waals surface area contributed by atoms with Crippen LogP contribution >= 0.6 is 0 Å². The molecular formula is C17H16O3. The molecule has 102 valence electrons. The lowest BCUT2D eigenvalue weighted by molar-refractivity contribution is 0.0961. The van der Waals surface area contributed by atoms with Gasteiger partial charge in [0, 0.05) is 17.2 Å². The number of fused-ring (bicyclic) bond motifs is 2. The topological polar surface area (TPSA) is 27.7 Å². The summed E-state index contributed by atoms with van der Waals surface area (Å²) in [5.74, 6) is 2.37. The molecule has 3 rings (SSSR count). The highest BCUT2D eigenvalue weighted by atomic mass is 16.5. The van der Waals surface area contributed by atoms with E-state index in [2.05, 4.69) is 6.58 Å². The van der Waals surface area contributed by atoms with Crippen molar-refractivity contribution in [2.24, 2.45) is 0 Å². The first-order valence-electron chi connectivity index (χ1n) is 6.50. The molecule has 0 saturated heterocycles. The first kappa shape index (κ1) is 12.8. The summed E-state index contributed by atoms with van der Waals surface area (Å²) in [6, 6.07) is 13.7. The van der Waals surface area contributed by atoms with Gasteiger partial charge in [0.05, 0.1) is 13.7 Å². The molecule has 0 bridgehead atoms. The summed E-state index contributed by atoms with van der Waals surface area (Å²) in [6.45, 7) is 4.20. The van der Waals surface area contributed by atoms with Gasteiger partial charge in [-0.15, -0.1) is 6.58 Å². The van der Waals surface area contributed by atoms with E-state index < -0.39 is 0 Å². The van der Waals surface area contributed by atoms with Crippen LogP contribution in [-0.2, 0) is 4.74 Å². The SMILES string of the molecule is C=CCOC1c2ccccc2Oc2cc(OC)ccc21. The quantitative estimate of drug-likeness (QED) is 0.781. The van der Waals surface area contributed by atoms with Gasteiger partial charge in [-0.25, -0.2) is 0 Å². The highest BCUT2D eigenvalue weighted by molar-refractivity contribution is 5.54. The molecule has 0 fully saturated rings. The van der Waals surface area contributed by atoms with E-state index in [9.17, 15) is 0 Å². The molecule has 0 N–H and O–H groups in total. The van der Waals surface area contributed by atoms with Crippen molar-refractivity contribution < 1.29 is 14.2 Å². The largest absolute Gasteiger partial charge is 0.497 e. The maximum Gasteiger partial charge on any atom is 0.137 e. The summed E-state index contributed by atoms with van der Waals surface area (Å²) in [5.41, 5.74) is 2.04. The molecule has 20 heavy (non-hydrogen) atoms. The van der Waals surface area contributed by atoms with Gasteiger partial charge in [0.25, 0.3) is 0 Å². The van der Waals surface area contributed by atoms with E-state index in [1.54, 1.807) is 13.2 Å². The van der Waals surface area contributed by atoms with Gasteiger partial charge in [0.2, 0.25) is 0 Å². The Morgan fingerprint density at radius 1 is 1.15 bits per heavy atom. The minimum absolute atomic E-state index is 0.140. The Labute approximate surface area is 118 Å². The van der Waals surface area contributed by atoms with E-state index in [-0.39, 0.29) is 6.10 Å². The summed E-state index contributed by atoms with van der Waals surface area (Å²) < 4.78 is 17.1. The fraction of sp³-hybridized carbons (Fsp3) is 0.176. The Kier molecular flexibility index (Phi) is 3.44. The van der Waals surface area contributed by atoms with Crippen LogP contribution in [0.1, 0.15) is 17.2 Å². The fourth-order valence-corrected chi connectivity index (χ4v) is 2.37. The minimum Gasteiger partial charge on any atom is -0.497 e. The van der Waals surface area contributed by atoms with E-state index in [1.165, 1.54) is 0 Å². The number of methoxy groups -OCH3 is 1. The molecule has 0 aromatic heterocycles. The van der Waals surface area contributed by atoms with Gasteiger partial charge in [0.1, 0.15) is 23.4 Å². The van der Waals surface area contributed by atoms with E-state index in [1.807, 2.05) is 42.5 Å². The van der Waals surface area contributed by atoms with Gasteiger partial charge >= 0.3 is 0 Å². The van der Waals surface area contributed by atoms with Crippen molar-refractivity contribution in [1.29, 1.82) is 0 Å². The van der Waals surface area contributed by atoms with E-state index >= 15 is 0 Å². The molecule has 0 amide bonds. The summed E-state index contributed by atoms with van der Waals surface area (Å²) in [7, 11) is 1.64. The second kappa shape index (κ2) is 5.39. The summed E-state index contributed by atoms with van der Waals surface area (Å²) in [4.78, 5) is 0. The van der Waals surface area contributed by atoms with Crippen LogP contribution in [0.2, 0.25) is 0 Å². The first-order valence-corrected chi connectivity index (χ1v) is 6.50.